The van der Waals surface area contributed by atoms with Gasteiger partial charge in [-0.1, -0.05) is 39.8 Å². The Morgan fingerprint density at radius 2 is 1.74 bits per heavy atom. The molecule has 0 saturated carbocycles. The first-order valence-corrected chi connectivity index (χ1v) is 11.7. The zero-order valence-electron chi connectivity index (χ0n) is 21.0. The first-order valence-electron chi connectivity index (χ1n) is 11.7. The van der Waals surface area contributed by atoms with Crippen molar-refractivity contribution >= 4 is 17.6 Å². The number of methoxy groups -OCH3 is 1. The van der Waals surface area contributed by atoms with E-state index in [4.69, 9.17) is 9.84 Å². The summed E-state index contributed by atoms with van der Waals surface area (Å²) < 4.78 is 20.1. The number of hydrogen-bond donors (Lipinski definition) is 1. The van der Waals surface area contributed by atoms with Gasteiger partial charge >= 0.3 is 0 Å². The number of hydrogen-bond acceptors (Lipinski definition) is 4. The first-order chi connectivity index (χ1) is 16.6. The minimum Gasteiger partial charge on any atom is -0.497 e. The van der Waals surface area contributed by atoms with Crippen LogP contribution < -0.4 is 10.1 Å². The molecule has 0 radical (unpaired) electrons. The molecule has 2 aromatic carbocycles. The third kappa shape index (κ3) is 6.91. The van der Waals surface area contributed by atoms with Crippen LogP contribution in [-0.2, 0) is 21.4 Å². The molecule has 8 heteroatoms. The summed E-state index contributed by atoms with van der Waals surface area (Å²) >= 11 is 0. The molecule has 0 aliphatic carbocycles. The van der Waals surface area contributed by atoms with Gasteiger partial charge in [-0.25, -0.2) is 9.07 Å². The van der Waals surface area contributed by atoms with Gasteiger partial charge < -0.3 is 15.0 Å². The average molecular weight is 481 g/mol. The molecule has 186 valence electrons. The Hall–Kier alpha value is -3.68. The monoisotopic (exact) mass is 480 g/mol. The number of nitrogens with zero attached hydrogens (tertiary/aromatic N) is 3. The van der Waals surface area contributed by atoms with E-state index in [0.717, 1.165) is 17.1 Å². The highest BCUT2D eigenvalue weighted by atomic mass is 19.1. The highest BCUT2D eigenvalue weighted by molar-refractivity contribution is 5.94. The van der Waals surface area contributed by atoms with E-state index < -0.39 is 0 Å². The summed E-state index contributed by atoms with van der Waals surface area (Å²) in [4.78, 5) is 27.4. The van der Waals surface area contributed by atoms with Crippen molar-refractivity contribution in [2.45, 2.75) is 46.0 Å². The Kier molecular flexibility index (Phi) is 8.27. The number of amides is 2. The number of ether oxygens (including phenoxy) is 1. The Morgan fingerprint density at radius 3 is 2.31 bits per heavy atom. The first kappa shape index (κ1) is 25.9. The zero-order chi connectivity index (χ0) is 25.6. The van der Waals surface area contributed by atoms with Gasteiger partial charge in [0.05, 0.1) is 31.5 Å². The highest BCUT2D eigenvalue weighted by Gasteiger charge is 2.23. The number of nitrogens with one attached hydrogen (secondary N) is 1. The molecule has 0 aliphatic heterocycles. The predicted octanol–water partition coefficient (Wildman–Crippen LogP) is 4.74. The highest BCUT2D eigenvalue weighted by Crippen LogP contribution is 2.27. The zero-order valence-corrected chi connectivity index (χ0v) is 21.0. The van der Waals surface area contributed by atoms with Gasteiger partial charge in [-0.05, 0) is 48.4 Å². The standard InChI is InChI=1S/C27H33FN4O3/c1-6-15-31(26(34)16-19-7-9-20(28)10-8-19)18-25(33)29-24-17-23(27(2,3)4)30-32(24)21-11-13-22(35-5)14-12-21/h7-14,17H,6,15-16,18H2,1-5H3,(H,29,33). The van der Waals surface area contributed by atoms with Crippen molar-refractivity contribution < 1.29 is 18.7 Å². The van der Waals surface area contributed by atoms with E-state index in [2.05, 4.69) is 26.1 Å². The fourth-order valence-corrected chi connectivity index (χ4v) is 3.56. The van der Waals surface area contributed by atoms with Crippen LogP contribution in [0.4, 0.5) is 10.2 Å². The molecule has 35 heavy (non-hydrogen) atoms. The summed E-state index contributed by atoms with van der Waals surface area (Å²) in [5.41, 5.74) is 2.07. The molecule has 2 amide bonds. The van der Waals surface area contributed by atoms with Crippen molar-refractivity contribution in [1.29, 1.82) is 0 Å². The molecule has 1 aromatic heterocycles. The normalized spacial score (nSPS) is 11.3. The molecule has 7 nitrogen and oxygen atoms in total. The minimum atomic E-state index is -0.353. The van der Waals surface area contributed by atoms with Crippen molar-refractivity contribution in [3.8, 4) is 11.4 Å². The van der Waals surface area contributed by atoms with Crippen molar-refractivity contribution in [3.05, 3.63) is 71.7 Å². The van der Waals surface area contributed by atoms with Gasteiger partial charge in [-0.2, -0.15) is 5.10 Å². The second kappa shape index (κ2) is 11.2. The van der Waals surface area contributed by atoms with Crippen LogP contribution in [0.25, 0.3) is 5.69 Å². The van der Waals surface area contributed by atoms with Crippen LogP contribution in [0.1, 0.15) is 45.4 Å². The number of halogens is 1. The summed E-state index contributed by atoms with van der Waals surface area (Å²) in [7, 11) is 1.60. The number of carbonyl (C=O) groups is 2. The molecular formula is C27H33FN4O3. The Morgan fingerprint density at radius 1 is 1.09 bits per heavy atom. The van der Waals surface area contributed by atoms with Crippen molar-refractivity contribution in [2.24, 2.45) is 0 Å². The van der Waals surface area contributed by atoms with Gasteiger partial charge in [-0.3, -0.25) is 9.59 Å². The van der Waals surface area contributed by atoms with E-state index in [0.29, 0.717) is 24.3 Å². The van der Waals surface area contributed by atoms with E-state index >= 15 is 0 Å². The van der Waals surface area contributed by atoms with Crippen LogP contribution >= 0.6 is 0 Å². The lowest BCUT2D eigenvalue weighted by Crippen LogP contribution is -2.39. The second-order valence-corrected chi connectivity index (χ2v) is 9.44. The molecule has 3 aromatic rings. The molecule has 1 heterocycles. The number of carbonyl (C=O) groups excluding carboxylic acids is 2. The molecule has 3 rings (SSSR count). The van der Waals surface area contributed by atoms with E-state index in [1.54, 1.807) is 23.9 Å². The maximum absolute atomic E-state index is 13.2. The van der Waals surface area contributed by atoms with Gasteiger partial charge in [-0.15, -0.1) is 0 Å². The van der Waals surface area contributed by atoms with Crippen molar-refractivity contribution in [3.63, 3.8) is 0 Å². The van der Waals surface area contributed by atoms with Crippen LogP contribution in [0, 0.1) is 5.82 Å². The predicted molar refractivity (Wildman–Crippen MR) is 134 cm³/mol. The number of rotatable bonds is 9. The summed E-state index contributed by atoms with van der Waals surface area (Å²) in [6.07, 6.45) is 0.811. The molecule has 0 atom stereocenters. The van der Waals surface area contributed by atoms with Crippen LogP contribution in [0.5, 0.6) is 5.75 Å². The Labute approximate surface area is 205 Å². The van der Waals surface area contributed by atoms with E-state index in [1.807, 2.05) is 37.3 Å². The maximum atomic E-state index is 13.2. The quantitative estimate of drug-likeness (QED) is 0.480. The average Bonchev–Trinajstić information content (AvgIpc) is 3.24. The third-order valence-electron chi connectivity index (χ3n) is 5.51. The largest absolute Gasteiger partial charge is 0.497 e. The number of aromatic nitrogens is 2. The lowest BCUT2D eigenvalue weighted by Gasteiger charge is -2.22. The van der Waals surface area contributed by atoms with Crippen LogP contribution in [-0.4, -0.2) is 46.7 Å². The van der Waals surface area contributed by atoms with Gasteiger partial charge in [0.15, 0.2) is 0 Å². The van der Waals surface area contributed by atoms with Crippen LogP contribution in [0.15, 0.2) is 54.6 Å². The van der Waals surface area contributed by atoms with E-state index in [1.165, 1.54) is 17.0 Å². The third-order valence-corrected chi connectivity index (χ3v) is 5.51. The van der Waals surface area contributed by atoms with Crippen LogP contribution in [0.3, 0.4) is 0 Å². The Bertz CT molecular complexity index is 1150. The minimum absolute atomic E-state index is 0.0908. The summed E-state index contributed by atoms with van der Waals surface area (Å²) in [6.45, 7) is 8.46. The fraction of sp³-hybridized carbons (Fsp3) is 0.370. The Balaban J connectivity index is 1.79. The fourth-order valence-electron chi connectivity index (χ4n) is 3.56. The molecule has 0 unspecified atom stereocenters. The lowest BCUT2D eigenvalue weighted by molar-refractivity contribution is -0.134. The maximum Gasteiger partial charge on any atom is 0.245 e. The molecule has 0 spiro atoms. The SMILES string of the molecule is CCCN(CC(=O)Nc1cc(C(C)(C)C)nn1-c1ccc(OC)cc1)C(=O)Cc1ccc(F)cc1. The van der Waals surface area contributed by atoms with E-state index in [-0.39, 0.29) is 36.0 Å². The van der Waals surface area contributed by atoms with Gasteiger partial charge in [0.1, 0.15) is 17.4 Å². The molecule has 1 N–H and O–H groups in total. The second-order valence-electron chi connectivity index (χ2n) is 9.44. The smallest absolute Gasteiger partial charge is 0.245 e. The van der Waals surface area contributed by atoms with Crippen molar-refractivity contribution in [2.75, 3.05) is 25.5 Å². The van der Waals surface area contributed by atoms with Gasteiger partial charge in [0.25, 0.3) is 0 Å². The molecule has 0 aliphatic rings. The topological polar surface area (TPSA) is 76.5 Å². The summed E-state index contributed by atoms with van der Waals surface area (Å²) in [5.74, 6) is 0.382. The van der Waals surface area contributed by atoms with Crippen molar-refractivity contribution in [1.82, 2.24) is 14.7 Å². The van der Waals surface area contributed by atoms with Crippen LogP contribution in [0.2, 0.25) is 0 Å². The summed E-state index contributed by atoms with van der Waals surface area (Å²) in [6, 6.07) is 15.1. The summed E-state index contributed by atoms with van der Waals surface area (Å²) in [5, 5.41) is 7.66. The number of anilines is 1. The molecule has 0 fully saturated rings. The molecular weight excluding hydrogens is 447 g/mol. The molecule has 0 bridgehead atoms. The van der Waals surface area contributed by atoms with E-state index in [9.17, 15) is 14.0 Å². The molecule has 0 saturated heterocycles. The number of benzene rings is 2. The van der Waals surface area contributed by atoms with Gasteiger partial charge in [0.2, 0.25) is 11.8 Å². The van der Waals surface area contributed by atoms with Gasteiger partial charge in [0, 0.05) is 18.0 Å². The lowest BCUT2D eigenvalue weighted by atomic mass is 9.92.